The van der Waals surface area contributed by atoms with E-state index < -0.39 is 11.9 Å². The molecule has 0 spiro atoms. The van der Waals surface area contributed by atoms with Crippen LogP contribution in [-0.4, -0.2) is 34.8 Å². The summed E-state index contributed by atoms with van der Waals surface area (Å²) in [6.45, 7) is 3.46. The number of para-hydroxylation sites is 2. The third-order valence-corrected chi connectivity index (χ3v) is 4.61. The van der Waals surface area contributed by atoms with Crippen molar-refractivity contribution >= 4 is 28.9 Å². The Morgan fingerprint density at radius 2 is 1.91 bits per heavy atom. The minimum absolute atomic E-state index is 0.311. The fourth-order valence-corrected chi connectivity index (χ4v) is 3.09. The molecule has 0 unspecified atom stereocenters. The number of nitrogens with one attached hydrogen (secondary N) is 1. The Morgan fingerprint density at radius 1 is 1.12 bits per heavy atom. The molecule has 4 rings (SSSR count). The number of furan rings is 1. The first kappa shape index (κ1) is 20.9. The van der Waals surface area contributed by atoms with Crippen LogP contribution < -0.4 is 5.32 Å². The second kappa shape index (κ2) is 9.61. The second-order valence-corrected chi connectivity index (χ2v) is 6.90. The Balaban J connectivity index is 1.60. The Bertz CT molecular complexity index is 1250. The smallest absolute Gasteiger partial charge is 0.331 e. The van der Waals surface area contributed by atoms with Crippen molar-refractivity contribution in [3.8, 4) is 17.1 Å². The van der Waals surface area contributed by atoms with Gasteiger partial charge < -0.3 is 14.5 Å². The number of nitrogens with zero attached hydrogens (tertiary/aromatic N) is 2. The number of rotatable bonds is 8. The highest BCUT2D eigenvalue weighted by Gasteiger charge is 2.15. The summed E-state index contributed by atoms with van der Waals surface area (Å²) < 4.78 is 12.7. The molecule has 4 aromatic rings. The van der Waals surface area contributed by atoms with Crippen LogP contribution >= 0.6 is 0 Å². The van der Waals surface area contributed by atoms with Crippen LogP contribution in [0.4, 0.5) is 0 Å². The molecule has 1 amide bonds. The number of carbonyl (C=O) groups excluding carboxylic acids is 2. The van der Waals surface area contributed by atoms with Gasteiger partial charge in [-0.1, -0.05) is 42.5 Å². The van der Waals surface area contributed by atoms with Crippen molar-refractivity contribution < 1.29 is 18.7 Å². The van der Waals surface area contributed by atoms with E-state index in [4.69, 9.17) is 9.15 Å². The average Bonchev–Trinajstić information content (AvgIpc) is 3.44. The minimum Gasteiger partial charge on any atom is -0.454 e. The number of ether oxygens (including phenoxy) is 1. The van der Waals surface area contributed by atoms with Crippen molar-refractivity contribution in [2.75, 3.05) is 13.2 Å². The molecular formula is C25H21N3O4. The molecule has 0 aliphatic carbocycles. The maximum Gasteiger partial charge on any atom is 0.331 e. The number of aromatic nitrogens is 2. The van der Waals surface area contributed by atoms with Crippen molar-refractivity contribution in [1.82, 2.24) is 15.1 Å². The van der Waals surface area contributed by atoms with E-state index in [1.807, 2.05) is 60.7 Å². The topological polar surface area (TPSA) is 86.4 Å². The van der Waals surface area contributed by atoms with Crippen LogP contribution in [0.1, 0.15) is 5.56 Å². The number of carbonyl (C=O) groups is 2. The zero-order valence-corrected chi connectivity index (χ0v) is 17.2. The summed E-state index contributed by atoms with van der Waals surface area (Å²) in [5, 5.41) is 8.18. The summed E-state index contributed by atoms with van der Waals surface area (Å²) in [4.78, 5) is 23.7. The lowest BCUT2D eigenvalue weighted by molar-refractivity contribution is -0.143. The number of hydrogen-bond donors (Lipinski definition) is 1. The van der Waals surface area contributed by atoms with Crippen LogP contribution in [0.15, 0.2) is 90.0 Å². The maximum absolute atomic E-state index is 12.1. The summed E-state index contributed by atoms with van der Waals surface area (Å²) in [6, 6.07) is 19.2. The third-order valence-electron chi connectivity index (χ3n) is 4.61. The standard InChI is InChI=1S/C25H21N3O4/c1-2-14-26-23(29)17-31-24(30)13-12-19-16-28(20-9-4-3-5-10-20)27-25(19)22-15-18-8-6-7-11-21(18)32-22/h2-13,15-16H,1,14,17H2,(H,26,29). The van der Waals surface area contributed by atoms with Crippen molar-refractivity contribution in [3.63, 3.8) is 0 Å². The van der Waals surface area contributed by atoms with Crippen LogP contribution in [0.2, 0.25) is 0 Å². The van der Waals surface area contributed by atoms with E-state index in [0.29, 0.717) is 23.6 Å². The Labute approximate surface area is 184 Å². The summed E-state index contributed by atoms with van der Waals surface area (Å²) in [6.07, 6.45) is 6.21. The van der Waals surface area contributed by atoms with Gasteiger partial charge in [0.05, 0.1) is 5.69 Å². The van der Waals surface area contributed by atoms with Gasteiger partial charge >= 0.3 is 5.97 Å². The molecule has 0 bridgehead atoms. The molecule has 32 heavy (non-hydrogen) atoms. The first-order valence-electron chi connectivity index (χ1n) is 10.0. The number of amides is 1. The molecule has 0 saturated carbocycles. The molecular weight excluding hydrogens is 406 g/mol. The van der Waals surface area contributed by atoms with E-state index in [2.05, 4.69) is 17.0 Å². The average molecular weight is 427 g/mol. The Hall–Kier alpha value is -4.39. The fourth-order valence-electron chi connectivity index (χ4n) is 3.09. The zero-order valence-electron chi connectivity index (χ0n) is 17.2. The van der Waals surface area contributed by atoms with Crippen LogP contribution in [-0.2, 0) is 14.3 Å². The van der Waals surface area contributed by atoms with Crippen molar-refractivity contribution in [1.29, 1.82) is 0 Å². The highest BCUT2D eigenvalue weighted by atomic mass is 16.5. The molecule has 1 N–H and O–H groups in total. The predicted molar refractivity (Wildman–Crippen MR) is 122 cm³/mol. The Kier molecular flexibility index (Phi) is 6.27. The van der Waals surface area contributed by atoms with Crippen LogP contribution in [0.3, 0.4) is 0 Å². The number of esters is 1. The highest BCUT2D eigenvalue weighted by Crippen LogP contribution is 2.30. The zero-order chi connectivity index (χ0) is 22.3. The molecule has 2 aromatic carbocycles. The van der Waals surface area contributed by atoms with Gasteiger partial charge in [0.1, 0.15) is 11.3 Å². The molecule has 2 aromatic heterocycles. The number of hydrogen-bond acceptors (Lipinski definition) is 5. The van der Waals surface area contributed by atoms with Gasteiger partial charge in [0, 0.05) is 29.8 Å². The Morgan fingerprint density at radius 3 is 2.69 bits per heavy atom. The largest absolute Gasteiger partial charge is 0.454 e. The van der Waals surface area contributed by atoms with E-state index in [-0.39, 0.29) is 6.61 Å². The molecule has 0 radical (unpaired) electrons. The second-order valence-electron chi connectivity index (χ2n) is 6.90. The summed E-state index contributed by atoms with van der Waals surface area (Å²) >= 11 is 0. The maximum atomic E-state index is 12.1. The molecule has 0 aliphatic rings. The van der Waals surface area contributed by atoms with Gasteiger partial charge in [0.2, 0.25) is 0 Å². The number of benzene rings is 2. The summed E-state index contributed by atoms with van der Waals surface area (Å²) in [5.74, 6) is -0.453. The van der Waals surface area contributed by atoms with Crippen LogP contribution in [0.5, 0.6) is 0 Å². The molecule has 0 saturated heterocycles. The molecule has 0 atom stereocenters. The first-order chi connectivity index (χ1) is 15.6. The van der Waals surface area contributed by atoms with E-state index in [1.165, 1.54) is 6.08 Å². The third kappa shape index (κ3) is 4.84. The SMILES string of the molecule is C=CCNC(=O)COC(=O)C=Cc1cn(-c2ccccc2)nc1-c1cc2ccccc2o1. The first-order valence-corrected chi connectivity index (χ1v) is 10.0. The van der Waals surface area contributed by atoms with Gasteiger partial charge in [-0.05, 0) is 30.3 Å². The van der Waals surface area contributed by atoms with Crippen molar-refractivity contribution in [2.24, 2.45) is 0 Å². The van der Waals surface area contributed by atoms with Gasteiger partial charge in [-0.15, -0.1) is 6.58 Å². The molecule has 0 fully saturated rings. The lowest BCUT2D eigenvalue weighted by Crippen LogP contribution is -2.28. The molecule has 2 heterocycles. The van der Waals surface area contributed by atoms with E-state index >= 15 is 0 Å². The quantitative estimate of drug-likeness (QED) is 0.259. The lowest BCUT2D eigenvalue weighted by Gasteiger charge is -2.02. The monoisotopic (exact) mass is 427 g/mol. The van der Waals surface area contributed by atoms with Gasteiger partial charge in [-0.2, -0.15) is 5.10 Å². The van der Waals surface area contributed by atoms with Gasteiger partial charge in [0.15, 0.2) is 12.4 Å². The summed E-state index contributed by atoms with van der Waals surface area (Å²) in [7, 11) is 0. The predicted octanol–water partition coefficient (Wildman–Crippen LogP) is 4.14. The van der Waals surface area contributed by atoms with Crippen molar-refractivity contribution in [3.05, 3.63) is 91.2 Å². The fraction of sp³-hybridized carbons (Fsp3) is 0.0800. The highest BCUT2D eigenvalue weighted by molar-refractivity contribution is 5.91. The van der Waals surface area contributed by atoms with E-state index in [0.717, 1.165) is 16.7 Å². The number of fused-ring (bicyclic) bond motifs is 1. The lowest BCUT2D eigenvalue weighted by atomic mass is 10.2. The normalized spacial score (nSPS) is 11.0. The van der Waals surface area contributed by atoms with E-state index in [1.54, 1.807) is 23.0 Å². The van der Waals surface area contributed by atoms with Crippen LogP contribution in [0, 0.1) is 0 Å². The van der Waals surface area contributed by atoms with Gasteiger partial charge in [-0.25, -0.2) is 9.48 Å². The van der Waals surface area contributed by atoms with Crippen LogP contribution in [0.25, 0.3) is 34.2 Å². The molecule has 160 valence electrons. The molecule has 7 nitrogen and oxygen atoms in total. The summed E-state index contributed by atoms with van der Waals surface area (Å²) in [5.41, 5.74) is 2.86. The van der Waals surface area contributed by atoms with Crippen molar-refractivity contribution in [2.45, 2.75) is 0 Å². The van der Waals surface area contributed by atoms with Gasteiger partial charge in [0.25, 0.3) is 5.91 Å². The molecule has 7 heteroatoms. The van der Waals surface area contributed by atoms with Gasteiger partial charge in [-0.3, -0.25) is 4.79 Å². The molecule has 0 aliphatic heterocycles. The minimum atomic E-state index is -0.637. The van der Waals surface area contributed by atoms with E-state index in [9.17, 15) is 9.59 Å².